The van der Waals surface area contributed by atoms with E-state index in [1.807, 2.05) is 72.7 Å². The molecule has 0 saturated carbocycles. The first-order valence-electron chi connectivity index (χ1n) is 9.83. The van der Waals surface area contributed by atoms with Crippen molar-refractivity contribution < 1.29 is 39.3 Å². The van der Waals surface area contributed by atoms with E-state index >= 15 is 0 Å². The number of hydrogen-bond acceptors (Lipinski definition) is 4. The van der Waals surface area contributed by atoms with Crippen LogP contribution in [0.15, 0.2) is 30.3 Å². The summed E-state index contributed by atoms with van der Waals surface area (Å²) in [4.78, 5) is 13.2. The maximum atomic E-state index is 13.2. The van der Waals surface area contributed by atoms with Crippen molar-refractivity contribution in [3.8, 4) is 17.2 Å². The van der Waals surface area contributed by atoms with Crippen molar-refractivity contribution in [3.05, 3.63) is 46.5 Å². The quantitative estimate of drug-likeness (QED) is 0.440. The van der Waals surface area contributed by atoms with Crippen molar-refractivity contribution in [1.29, 1.82) is 0 Å². The molecule has 0 N–H and O–H groups in total. The van der Waals surface area contributed by atoms with Gasteiger partial charge >= 0.3 is 18.9 Å². The normalized spacial score (nSPS) is 11.3. The average Bonchev–Trinajstić information content (AvgIpc) is 2.56. The van der Waals surface area contributed by atoms with E-state index < -0.39 is 0 Å². The van der Waals surface area contributed by atoms with Gasteiger partial charge in [-0.15, -0.1) is 0 Å². The third kappa shape index (κ3) is 7.51. The minimum absolute atomic E-state index is 0. The van der Waals surface area contributed by atoms with Crippen LogP contribution in [-0.2, 0) is 0 Å². The number of rotatable bonds is 9. The molecule has 1 unspecified atom stereocenters. The largest absolute Gasteiger partial charge is 1.00 e. The molecule has 4 nitrogen and oxygen atoms in total. The van der Waals surface area contributed by atoms with Gasteiger partial charge in [0.25, 0.3) is 0 Å². The van der Waals surface area contributed by atoms with Crippen LogP contribution in [-0.4, -0.2) is 23.8 Å². The Morgan fingerprint density at radius 1 is 0.933 bits per heavy atom. The van der Waals surface area contributed by atoms with Gasteiger partial charge in [-0.25, -0.2) is 0 Å². The predicted molar refractivity (Wildman–Crippen MR) is 123 cm³/mol. The Hall–Kier alpha value is -1.17. The van der Waals surface area contributed by atoms with Crippen LogP contribution >= 0.6 is 20.2 Å². The molecule has 2 rings (SSSR count). The van der Waals surface area contributed by atoms with Crippen LogP contribution in [0.1, 0.15) is 58.9 Å². The fourth-order valence-corrected chi connectivity index (χ4v) is 4.40. The summed E-state index contributed by atoms with van der Waals surface area (Å²) in [6, 6.07) is 9.14. The second-order valence-corrected chi connectivity index (χ2v) is 9.29. The minimum atomic E-state index is -0.191. The monoisotopic (exact) mass is 444 g/mol. The third-order valence-corrected chi connectivity index (χ3v) is 5.36. The van der Waals surface area contributed by atoms with Crippen LogP contribution < -0.4 is 38.4 Å². The Balaban J connectivity index is 0.00000450. The molecule has 0 saturated heterocycles. The maximum absolute atomic E-state index is 13.2. The van der Waals surface area contributed by atoms with E-state index in [0.29, 0.717) is 27.8 Å². The molecular formula is C23H31ClLiO4P. The molecule has 7 heteroatoms. The van der Waals surface area contributed by atoms with Gasteiger partial charge < -0.3 is 15.6 Å². The summed E-state index contributed by atoms with van der Waals surface area (Å²) in [5, 5.41) is 1.19. The molecule has 0 heterocycles. The summed E-state index contributed by atoms with van der Waals surface area (Å²) in [6.07, 6.45) is -0.108. The van der Waals surface area contributed by atoms with E-state index in [1.165, 1.54) is 0 Å². The molecule has 160 valence electrons. The van der Waals surface area contributed by atoms with Crippen LogP contribution in [0.5, 0.6) is 17.2 Å². The van der Waals surface area contributed by atoms with Gasteiger partial charge in [-0.05, 0) is 68.7 Å². The van der Waals surface area contributed by atoms with E-state index in [0.717, 1.165) is 10.9 Å². The van der Waals surface area contributed by atoms with E-state index in [9.17, 15) is 4.79 Å². The van der Waals surface area contributed by atoms with Crippen molar-refractivity contribution in [2.24, 2.45) is 0 Å². The maximum Gasteiger partial charge on any atom is 1.00 e. The zero-order chi connectivity index (χ0) is 21.7. The first-order chi connectivity index (χ1) is 13.6. The third-order valence-electron chi connectivity index (χ3n) is 3.82. The Bertz CT molecular complexity index is 823. The zero-order valence-electron chi connectivity index (χ0n) is 20.1. The second-order valence-electron chi connectivity index (χ2n) is 7.68. The molecule has 30 heavy (non-hydrogen) atoms. The average molecular weight is 445 g/mol. The van der Waals surface area contributed by atoms with Crippen LogP contribution in [0.25, 0.3) is 0 Å². The van der Waals surface area contributed by atoms with Crippen molar-refractivity contribution in [3.63, 3.8) is 0 Å². The van der Waals surface area contributed by atoms with Gasteiger partial charge in [0.2, 0.25) is 0 Å². The summed E-state index contributed by atoms with van der Waals surface area (Å²) in [6.45, 7) is 13.6. The van der Waals surface area contributed by atoms with Crippen LogP contribution in [0.2, 0.25) is 5.02 Å². The van der Waals surface area contributed by atoms with Crippen LogP contribution in [0.3, 0.4) is 0 Å². The summed E-state index contributed by atoms with van der Waals surface area (Å²) in [7, 11) is -0.191. The molecule has 0 fully saturated rings. The molecule has 0 spiro atoms. The molecule has 0 aliphatic rings. The second kappa shape index (κ2) is 12.0. The van der Waals surface area contributed by atoms with Gasteiger partial charge in [0.05, 0.1) is 28.6 Å². The van der Waals surface area contributed by atoms with E-state index in [1.54, 1.807) is 6.07 Å². The number of carbonyl (C=O) groups is 1. The topological polar surface area (TPSA) is 44.8 Å². The number of benzene rings is 2. The Morgan fingerprint density at radius 2 is 1.43 bits per heavy atom. The van der Waals surface area contributed by atoms with Gasteiger partial charge in [0.15, 0.2) is 5.52 Å². The van der Waals surface area contributed by atoms with Crippen molar-refractivity contribution in [2.45, 2.75) is 66.8 Å². The molecule has 0 radical (unpaired) electrons. The Labute approximate surface area is 200 Å². The number of aryl methyl sites for hydroxylation is 1. The summed E-state index contributed by atoms with van der Waals surface area (Å²) in [5.74, 6) is 1.86. The predicted octanol–water partition coefficient (Wildman–Crippen LogP) is 3.27. The molecule has 0 bridgehead atoms. The summed E-state index contributed by atoms with van der Waals surface area (Å²) in [5.41, 5.74) is 1.35. The van der Waals surface area contributed by atoms with Gasteiger partial charge in [-0.2, -0.15) is 0 Å². The summed E-state index contributed by atoms with van der Waals surface area (Å²) >= 11 is 6.32. The van der Waals surface area contributed by atoms with Gasteiger partial charge in [-0.3, -0.25) is 4.79 Å². The Kier molecular flexibility index (Phi) is 10.8. The number of carbonyl (C=O) groups excluding carboxylic acids is 1. The van der Waals surface area contributed by atoms with E-state index in [-0.39, 0.29) is 52.7 Å². The van der Waals surface area contributed by atoms with Crippen molar-refractivity contribution >= 4 is 31.0 Å². The molecule has 0 aliphatic carbocycles. The SMILES string of the molecule is Cc1cccc(Cl)c1C(=O)Pc1c(OC(C)C)cc(OC(C)C)cc1OC(C)C.[H-].[Li+]. The van der Waals surface area contributed by atoms with Crippen LogP contribution in [0, 0.1) is 6.92 Å². The zero-order valence-corrected chi connectivity index (χ0v) is 20.9. The van der Waals surface area contributed by atoms with Gasteiger partial charge in [-0.1, -0.05) is 23.7 Å². The Morgan fingerprint density at radius 3 is 1.87 bits per heavy atom. The molecule has 0 aliphatic heterocycles. The fourth-order valence-electron chi connectivity index (χ4n) is 2.82. The number of ether oxygens (including phenoxy) is 3. The minimum Gasteiger partial charge on any atom is -1.00 e. The van der Waals surface area contributed by atoms with Crippen molar-refractivity contribution in [1.82, 2.24) is 0 Å². The van der Waals surface area contributed by atoms with Gasteiger partial charge in [0, 0.05) is 17.7 Å². The van der Waals surface area contributed by atoms with E-state index in [4.69, 9.17) is 25.8 Å². The standard InChI is InChI=1S/C23H30ClO4P.Li.H/c1-13(2)26-17-11-19(27-14(3)4)22(20(12-17)28-15(5)6)29-23(25)21-16(7)9-8-10-18(21)24;;/h8-15,29H,1-7H3;;/q;+1;-1. The first-order valence-corrected chi connectivity index (χ1v) is 11.2. The molecule has 2 aromatic carbocycles. The van der Waals surface area contributed by atoms with Crippen LogP contribution in [0.4, 0.5) is 0 Å². The van der Waals surface area contributed by atoms with Crippen molar-refractivity contribution in [2.75, 3.05) is 0 Å². The summed E-state index contributed by atoms with van der Waals surface area (Å²) < 4.78 is 18.0. The van der Waals surface area contributed by atoms with Gasteiger partial charge in [0.1, 0.15) is 17.2 Å². The first kappa shape index (κ1) is 26.9. The molecule has 2 aromatic rings. The smallest absolute Gasteiger partial charge is 1.00 e. The number of halogens is 1. The van der Waals surface area contributed by atoms with E-state index in [2.05, 4.69) is 0 Å². The molecule has 0 aromatic heterocycles. The number of hydrogen-bond donors (Lipinski definition) is 0. The molecule has 1 atom stereocenters. The molecular weight excluding hydrogens is 414 g/mol. The fraction of sp³-hybridized carbons (Fsp3) is 0.435. The molecule has 0 amide bonds.